The van der Waals surface area contributed by atoms with E-state index in [-0.39, 0.29) is 5.97 Å². The number of hydrogen-bond acceptors (Lipinski definition) is 3. The lowest BCUT2D eigenvalue weighted by Crippen LogP contribution is -2.03. The highest BCUT2D eigenvalue weighted by molar-refractivity contribution is 5.94. The van der Waals surface area contributed by atoms with Gasteiger partial charge in [0.1, 0.15) is 0 Å². The first-order chi connectivity index (χ1) is 9.28. The van der Waals surface area contributed by atoms with E-state index in [1.165, 1.54) is 18.2 Å². The van der Waals surface area contributed by atoms with Crippen molar-refractivity contribution in [1.29, 1.82) is 0 Å². The average molecular weight is 251 g/mol. The third kappa shape index (κ3) is 2.15. The van der Waals surface area contributed by atoms with E-state index in [9.17, 15) is 4.79 Å². The summed E-state index contributed by atoms with van der Waals surface area (Å²) in [6.07, 6.45) is 2.64. The predicted molar refractivity (Wildman–Crippen MR) is 74.3 cm³/mol. The zero-order valence-electron chi connectivity index (χ0n) is 10.6. The van der Waals surface area contributed by atoms with Crippen molar-refractivity contribution in [2.24, 2.45) is 4.99 Å². The first-order valence-corrected chi connectivity index (χ1v) is 6.11. The molecule has 0 atom stereocenters. The standard InChI is InChI=1S/C16H13NO2/c1-19-16(18)13-7-6-11-8-12-4-2-3-5-15(12)17-10-14(11)9-13/h2-7,9-10H,8H2,1H3. The number of benzene rings is 2. The zero-order chi connectivity index (χ0) is 13.2. The minimum absolute atomic E-state index is 0.321. The van der Waals surface area contributed by atoms with Gasteiger partial charge in [0, 0.05) is 12.6 Å². The quantitative estimate of drug-likeness (QED) is 0.623. The van der Waals surface area contributed by atoms with Gasteiger partial charge in [-0.3, -0.25) is 4.99 Å². The number of carbonyl (C=O) groups is 1. The predicted octanol–water partition coefficient (Wildman–Crippen LogP) is 3.13. The lowest BCUT2D eigenvalue weighted by Gasteiger charge is -2.06. The molecule has 3 rings (SSSR count). The SMILES string of the molecule is COC(=O)c1ccc2c(c1)C=Nc1ccccc1C2. The fourth-order valence-electron chi connectivity index (χ4n) is 2.25. The Hall–Kier alpha value is -2.42. The Kier molecular flexibility index (Phi) is 2.88. The summed E-state index contributed by atoms with van der Waals surface area (Å²) in [6.45, 7) is 0. The number of ether oxygens (including phenoxy) is 1. The van der Waals surface area contributed by atoms with Gasteiger partial charge in [0.25, 0.3) is 0 Å². The van der Waals surface area contributed by atoms with Crippen molar-refractivity contribution in [3.63, 3.8) is 0 Å². The number of para-hydroxylation sites is 1. The van der Waals surface area contributed by atoms with E-state index in [0.29, 0.717) is 5.56 Å². The lowest BCUT2D eigenvalue weighted by atomic mass is 9.98. The number of nitrogens with zero attached hydrogens (tertiary/aromatic N) is 1. The second-order valence-electron chi connectivity index (χ2n) is 4.47. The van der Waals surface area contributed by atoms with Gasteiger partial charge in [0.05, 0.1) is 18.4 Å². The van der Waals surface area contributed by atoms with Crippen molar-refractivity contribution in [2.45, 2.75) is 6.42 Å². The first kappa shape index (κ1) is 11.7. The van der Waals surface area contributed by atoms with E-state index in [0.717, 1.165) is 17.7 Å². The second kappa shape index (κ2) is 4.69. The van der Waals surface area contributed by atoms with Gasteiger partial charge >= 0.3 is 5.97 Å². The van der Waals surface area contributed by atoms with Gasteiger partial charge in [0.2, 0.25) is 0 Å². The van der Waals surface area contributed by atoms with Crippen molar-refractivity contribution in [1.82, 2.24) is 0 Å². The van der Waals surface area contributed by atoms with Crippen LogP contribution in [0.1, 0.15) is 27.0 Å². The molecule has 1 aliphatic heterocycles. The molecular weight excluding hydrogens is 238 g/mol. The molecule has 3 heteroatoms. The van der Waals surface area contributed by atoms with Crippen molar-refractivity contribution in [3.8, 4) is 0 Å². The highest BCUT2D eigenvalue weighted by Gasteiger charge is 2.12. The molecule has 0 saturated heterocycles. The summed E-state index contributed by atoms with van der Waals surface area (Å²) < 4.78 is 4.74. The molecule has 0 aromatic heterocycles. The Balaban J connectivity index is 2.06. The molecule has 0 spiro atoms. The molecule has 0 aliphatic carbocycles. The number of carbonyl (C=O) groups excluding carboxylic acids is 1. The largest absolute Gasteiger partial charge is 0.465 e. The number of fused-ring (bicyclic) bond motifs is 2. The van der Waals surface area contributed by atoms with Crippen LogP contribution in [0.3, 0.4) is 0 Å². The smallest absolute Gasteiger partial charge is 0.337 e. The lowest BCUT2D eigenvalue weighted by molar-refractivity contribution is 0.0600. The van der Waals surface area contributed by atoms with Crippen molar-refractivity contribution >= 4 is 17.9 Å². The number of hydrogen-bond donors (Lipinski definition) is 0. The normalized spacial score (nSPS) is 12.3. The fraction of sp³-hybridized carbons (Fsp3) is 0.125. The van der Waals surface area contributed by atoms with Gasteiger partial charge in [0.15, 0.2) is 0 Å². The third-order valence-corrected chi connectivity index (χ3v) is 3.28. The molecule has 2 aromatic carbocycles. The number of rotatable bonds is 1. The Labute approximate surface area is 111 Å². The Morgan fingerprint density at radius 2 is 2.00 bits per heavy atom. The van der Waals surface area contributed by atoms with Gasteiger partial charge in [-0.05, 0) is 34.9 Å². The molecule has 0 bridgehead atoms. The highest BCUT2D eigenvalue weighted by atomic mass is 16.5. The Bertz CT molecular complexity index is 674. The van der Waals surface area contributed by atoms with E-state index in [4.69, 9.17) is 4.74 Å². The van der Waals surface area contributed by atoms with Crippen LogP contribution in [0.15, 0.2) is 47.5 Å². The molecular formula is C16H13NO2. The molecule has 3 nitrogen and oxygen atoms in total. The molecule has 2 aromatic rings. The summed E-state index contributed by atoms with van der Waals surface area (Å²) >= 11 is 0. The van der Waals surface area contributed by atoms with Crippen molar-refractivity contribution in [2.75, 3.05) is 7.11 Å². The van der Waals surface area contributed by atoms with Crippen LogP contribution in [-0.2, 0) is 11.2 Å². The Morgan fingerprint density at radius 1 is 1.16 bits per heavy atom. The Morgan fingerprint density at radius 3 is 2.84 bits per heavy atom. The number of aliphatic imine (C=N–C) groups is 1. The van der Waals surface area contributed by atoms with Crippen LogP contribution in [0.4, 0.5) is 5.69 Å². The minimum atomic E-state index is -0.321. The van der Waals surface area contributed by atoms with Crippen molar-refractivity contribution in [3.05, 3.63) is 64.7 Å². The summed E-state index contributed by atoms with van der Waals surface area (Å²) in [5.74, 6) is -0.321. The molecule has 0 N–H and O–H groups in total. The summed E-state index contributed by atoms with van der Waals surface area (Å²) in [7, 11) is 1.39. The van der Waals surface area contributed by atoms with Crippen LogP contribution >= 0.6 is 0 Å². The molecule has 1 aliphatic rings. The molecule has 0 unspecified atom stereocenters. The molecule has 94 valence electrons. The third-order valence-electron chi connectivity index (χ3n) is 3.28. The molecule has 0 saturated carbocycles. The average Bonchev–Trinajstić information content (AvgIpc) is 2.64. The van der Waals surface area contributed by atoms with E-state index < -0.39 is 0 Å². The van der Waals surface area contributed by atoms with E-state index in [1.54, 1.807) is 6.07 Å². The fourth-order valence-corrected chi connectivity index (χ4v) is 2.25. The summed E-state index contributed by atoms with van der Waals surface area (Å²) in [5, 5.41) is 0. The molecule has 0 amide bonds. The highest BCUT2D eigenvalue weighted by Crippen LogP contribution is 2.26. The van der Waals surface area contributed by atoms with Crippen molar-refractivity contribution < 1.29 is 9.53 Å². The van der Waals surface area contributed by atoms with Crippen LogP contribution in [0.5, 0.6) is 0 Å². The van der Waals surface area contributed by atoms with Crippen LogP contribution in [0.25, 0.3) is 0 Å². The summed E-state index contributed by atoms with van der Waals surface area (Å²) in [6, 6.07) is 13.7. The topological polar surface area (TPSA) is 38.7 Å². The maximum absolute atomic E-state index is 11.5. The van der Waals surface area contributed by atoms with E-state index in [1.807, 2.05) is 36.5 Å². The maximum Gasteiger partial charge on any atom is 0.337 e. The van der Waals surface area contributed by atoms with Crippen LogP contribution in [0.2, 0.25) is 0 Å². The second-order valence-corrected chi connectivity index (χ2v) is 4.47. The van der Waals surface area contributed by atoms with Crippen LogP contribution < -0.4 is 0 Å². The van der Waals surface area contributed by atoms with Crippen LogP contribution in [0, 0.1) is 0 Å². The molecule has 19 heavy (non-hydrogen) atoms. The molecule has 0 fully saturated rings. The van der Waals surface area contributed by atoms with Gasteiger partial charge in [-0.2, -0.15) is 0 Å². The zero-order valence-corrected chi connectivity index (χ0v) is 10.6. The van der Waals surface area contributed by atoms with E-state index >= 15 is 0 Å². The maximum atomic E-state index is 11.5. The van der Waals surface area contributed by atoms with Crippen LogP contribution in [-0.4, -0.2) is 19.3 Å². The number of methoxy groups -OCH3 is 1. The molecule has 1 heterocycles. The van der Waals surface area contributed by atoms with Gasteiger partial charge in [-0.25, -0.2) is 4.79 Å². The minimum Gasteiger partial charge on any atom is -0.465 e. The monoisotopic (exact) mass is 251 g/mol. The molecule has 0 radical (unpaired) electrons. The van der Waals surface area contributed by atoms with Gasteiger partial charge in [-0.1, -0.05) is 24.3 Å². The van der Waals surface area contributed by atoms with Gasteiger partial charge < -0.3 is 4.74 Å². The van der Waals surface area contributed by atoms with E-state index in [2.05, 4.69) is 11.1 Å². The number of esters is 1. The summed E-state index contributed by atoms with van der Waals surface area (Å²) in [5.41, 5.74) is 4.88. The van der Waals surface area contributed by atoms with Gasteiger partial charge in [-0.15, -0.1) is 0 Å². The summed E-state index contributed by atoms with van der Waals surface area (Å²) in [4.78, 5) is 16.0. The first-order valence-electron chi connectivity index (χ1n) is 6.11.